The van der Waals surface area contributed by atoms with E-state index in [4.69, 9.17) is 4.74 Å². The number of carbonyl (C=O) groups is 1. The van der Waals surface area contributed by atoms with E-state index in [1.165, 1.54) is 11.3 Å². The molecule has 0 aliphatic rings. The Morgan fingerprint density at radius 3 is 2.41 bits per heavy atom. The minimum absolute atomic E-state index is 0.123. The van der Waals surface area contributed by atoms with Crippen LogP contribution < -0.4 is 10.1 Å². The third-order valence-electron chi connectivity index (χ3n) is 3.07. The summed E-state index contributed by atoms with van der Waals surface area (Å²) in [6, 6.07) is 20.7. The molecule has 3 nitrogen and oxygen atoms in total. The molecule has 2 aromatic carbocycles. The molecule has 1 aromatic heterocycles. The minimum Gasteiger partial charge on any atom is -0.455 e. The molecule has 0 spiro atoms. The average Bonchev–Trinajstić information content (AvgIpc) is 2.97. The predicted octanol–water partition coefficient (Wildman–Crippen LogP) is 5.10. The lowest BCUT2D eigenvalue weighted by atomic mass is 10.2. The van der Waals surface area contributed by atoms with E-state index in [1.807, 2.05) is 73.7 Å². The Hall–Kier alpha value is -2.59. The molecule has 0 unspecified atom stereocenters. The van der Waals surface area contributed by atoms with Crippen LogP contribution in [0.5, 0.6) is 11.5 Å². The molecule has 3 rings (SSSR count). The zero-order valence-electron chi connectivity index (χ0n) is 12.1. The van der Waals surface area contributed by atoms with Gasteiger partial charge in [0.25, 0.3) is 5.91 Å². The van der Waals surface area contributed by atoms with Gasteiger partial charge in [0.1, 0.15) is 5.75 Å². The van der Waals surface area contributed by atoms with Crippen molar-refractivity contribution in [2.24, 2.45) is 0 Å². The number of hydrogen-bond acceptors (Lipinski definition) is 3. The summed E-state index contributed by atoms with van der Waals surface area (Å²) < 4.78 is 5.84. The fraction of sp³-hybridized carbons (Fsp3) is 0.0556. The summed E-state index contributed by atoms with van der Waals surface area (Å²) in [7, 11) is 0. The van der Waals surface area contributed by atoms with Crippen LogP contribution >= 0.6 is 11.3 Å². The van der Waals surface area contributed by atoms with E-state index in [2.05, 4.69) is 5.32 Å². The third-order valence-corrected chi connectivity index (χ3v) is 4.07. The van der Waals surface area contributed by atoms with Crippen molar-refractivity contribution < 1.29 is 9.53 Å². The first-order valence-electron chi connectivity index (χ1n) is 6.92. The summed E-state index contributed by atoms with van der Waals surface area (Å²) in [4.78, 5) is 14.1. The van der Waals surface area contributed by atoms with E-state index in [0.29, 0.717) is 16.3 Å². The van der Waals surface area contributed by atoms with Gasteiger partial charge in [0.15, 0.2) is 5.75 Å². The molecule has 22 heavy (non-hydrogen) atoms. The van der Waals surface area contributed by atoms with Gasteiger partial charge in [0, 0.05) is 4.88 Å². The van der Waals surface area contributed by atoms with Gasteiger partial charge >= 0.3 is 0 Å². The van der Waals surface area contributed by atoms with E-state index in [1.54, 1.807) is 0 Å². The number of aryl methyl sites for hydroxylation is 1. The highest BCUT2D eigenvalue weighted by Gasteiger charge is 2.11. The molecule has 1 N–H and O–H groups in total. The van der Waals surface area contributed by atoms with Crippen LogP contribution in [0.15, 0.2) is 66.7 Å². The van der Waals surface area contributed by atoms with Gasteiger partial charge in [-0.25, -0.2) is 0 Å². The number of carbonyl (C=O) groups excluding carboxylic acids is 1. The largest absolute Gasteiger partial charge is 0.455 e. The fourth-order valence-corrected chi connectivity index (χ4v) is 2.78. The molecular formula is C18H15NO2S. The highest BCUT2D eigenvalue weighted by Crippen LogP contribution is 2.29. The Balaban J connectivity index is 1.81. The van der Waals surface area contributed by atoms with Gasteiger partial charge in [-0.15, -0.1) is 11.3 Å². The van der Waals surface area contributed by atoms with Gasteiger partial charge < -0.3 is 10.1 Å². The first kappa shape index (κ1) is 14.4. The van der Waals surface area contributed by atoms with Crippen molar-refractivity contribution in [3.8, 4) is 11.5 Å². The SMILES string of the molecule is Cc1ccc(C(=O)Nc2ccccc2Oc2ccccc2)s1. The van der Waals surface area contributed by atoms with Gasteiger partial charge in [0.2, 0.25) is 0 Å². The molecule has 0 radical (unpaired) electrons. The van der Waals surface area contributed by atoms with Crippen molar-refractivity contribution in [1.82, 2.24) is 0 Å². The first-order valence-corrected chi connectivity index (χ1v) is 7.74. The second-order valence-electron chi connectivity index (χ2n) is 4.78. The maximum Gasteiger partial charge on any atom is 0.265 e. The minimum atomic E-state index is -0.123. The zero-order chi connectivity index (χ0) is 15.4. The molecule has 4 heteroatoms. The van der Waals surface area contributed by atoms with Gasteiger partial charge in [-0.05, 0) is 43.3 Å². The molecule has 3 aromatic rings. The van der Waals surface area contributed by atoms with Crippen molar-refractivity contribution in [1.29, 1.82) is 0 Å². The van der Waals surface area contributed by atoms with Crippen molar-refractivity contribution in [3.63, 3.8) is 0 Å². The fourth-order valence-electron chi connectivity index (χ4n) is 2.01. The Morgan fingerprint density at radius 1 is 0.955 bits per heavy atom. The number of thiophene rings is 1. The zero-order valence-corrected chi connectivity index (χ0v) is 12.9. The maximum atomic E-state index is 12.3. The number of nitrogens with one attached hydrogen (secondary N) is 1. The number of ether oxygens (including phenoxy) is 1. The number of benzene rings is 2. The highest BCUT2D eigenvalue weighted by atomic mass is 32.1. The summed E-state index contributed by atoms with van der Waals surface area (Å²) in [6.45, 7) is 1.98. The lowest BCUT2D eigenvalue weighted by Gasteiger charge is -2.11. The molecule has 0 saturated carbocycles. The van der Waals surface area contributed by atoms with Crippen molar-refractivity contribution >= 4 is 22.9 Å². The molecule has 1 heterocycles. The molecule has 0 fully saturated rings. The number of anilines is 1. The Bertz CT molecular complexity index is 781. The second kappa shape index (κ2) is 6.45. The van der Waals surface area contributed by atoms with Crippen LogP contribution in [0, 0.1) is 6.92 Å². The normalized spacial score (nSPS) is 10.2. The number of para-hydroxylation sites is 3. The second-order valence-corrected chi connectivity index (χ2v) is 6.06. The van der Waals surface area contributed by atoms with Crippen LogP contribution in [-0.4, -0.2) is 5.91 Å². The standard InChI is InChI=1S/C18H15NO2S/c1-13-11-12-17(22-13)18(20)19-15-9-5-6-10-16(15)21-14-7-3-2-4-8-14/h2-12H,1H3,(H,19,20). The molecule has 0 bridgehead atoms. The number of amides is 1. The van der Waals surface area contributed by atoms with Crippen molar-refractivity contribution in [2.45, 2.75) is 6.92 Å². The summed E-state index contributed by atoms with van der Waals surface area (Å²) in [5.41, 5.74) is 0.655. The third kappa shape index (κ3) is 3.35. The smallest absolute Gasteiger partial charge is 0.265 e. The summed E-state index contributed by atoms with van der Waals surface area (Å²) in [6.07, 6.45) is 0. The van der Waals surface area contributed by atoms with E-state index in [-0.39, 0.29) is 5.91 Å². The maximum absolute atomic E-state index is 12.3. The van der Waals surface area contributed by atoms with Crippen LogP contribution in [0.25, 0.3) is 0 Å². The van der Waals surface area contributed by atoms with Crippen LogP contribution in [-0.2, 0) is 0 Å². The van der Waals surface area contributed by atoms with Gasteiger partial charge in [-0.3, -0.25) is 4.79 Å². The van der Waals surface area contributed by atoms with Gasteiger partial charge in [0.05, 0.1) is 10.6 Å². The molecule has 0 saturated heterocycles. The Morgan fingerprint density at radius 2 is 1.68 bits per heavy atom. The highest BCUT2D eigenvalue weighted by molar-refractivity contribution is 7.14. The van der Waals surface area contributed by atoms with Gasteiger partial charge in [-0.1, -0.05) is 30.3 Å². The molecule has 1 amide bonds. The van der Waals surface area contributed by atoms with Gasteiger partial charge in [-0.2, -0.15) is 0 Å². The summed E-state index contributed by atoms with van der Waals surface area (Å²) in [5.74, 6) is 1.23. The lowest BCUT2D eigenvalue weighted by molar-refractivity contribution is 0.103. The summed E-state index contributed by atoms with van der Waals surface area (Å²) in [5, 5.41) is 2.91. The van der Waals surface area contributed by atoms with Crippen LogP contribution in [0.1, 0.15) is 14.5 Å². The van der Waals surface area contributed by atoms with E-state index in [0.717, 1.165) is 10.6 Å². The van der Waals surface area contributed by atoms with E-state index >= 15 is 0 Å². The quantitative estimate of drug-likeness (QED) is 0.728. The topological polar surface area (TPSA) is 38.3 Å². The monoisotopic (exact) mass is 309 g/mol. The van der Waals surface area contributed by atoms with Crippen molar-refractivity contribution in [2.75, 3.05) is 5.32 Å². The first-order chi connectivity index (χ1) is 10.7. The van der Waals surface area contributed by atoms with Crippen LogP contribution in [0.2, 0.25) is 0 Å². The Kier molecular flexibility index (Phi) is 4.21. The molecule has 0 aliphatic carbocycles. The molecule has 0 aliphatic heterocycles. The average molecular weight is 309 g/mol. The van der Waals surface area contributed by atoms with Crippen molar-refractivity contribution in [3.05, 3.63) is 76.5 Å². The molecular weight excluding hydrogens is 294 g/mol. The van der Waals surface area contributed by atoms with Crippen LogP contribution in [0.3, 0.4) is 0 Å². The number of rotatable bonds is 4. The summed E-state index contributed by atoms with van der Waals surface area (Å²) >= 11 is 1.47. The Labute approximate surface area is 133 Å². The van der Waals surface area contributed by atoms with E-state index < -0.39 is 0 Å². The predicted molar refractivity (Wildman–Crippen MR) is 90.0 cm³/mol. The van der Waals surface area contributed by atoms with Crippen LogP contribution in [0.4, 0.5) is 5.69 Å². The lowest BCUT2D eigenvalue weighted by Crippen LogP contribution is -2.10. The van der Waals surface area contributed by atoms with E-state index in [9.17, 15) is 4.79 Å². The molecule has 110 valence electrons. The number of hydrogen-bond donors (Lipinski definition) is 1. The molecule has 0 atom stereocenters.